The summed E-state index contributed by atoms with van der Waals surface area (Å²) in [5.41, 5.74) is 0.704. The van der Waals surface area contributed by atoms with Gasteiger partial charge in [-0.2, -0.15) is 0 Å². The first-order valence-corrected chi connectivity index (χ1v) is 8.63. The van der Waals surface area contributed by atoms with Gasteiger partial charge in [0.15, 0.2) is 0 Å². The highest BCUT2D eigenvalue weighted by molar-refractivity contribution is 8.00. The molecule has 2 rings (SSSR count). The van der Waals surface area contributed by atoms with Crippen molar-refractivity contribution >= 4 is 40.9 Å². The first-order chi connectivity index (χ1) is 10.4. The number of thioether (sulfide) groups is 1. The molecule has 0 aliphatic heterocycles. The van der Waals surface area contributed by atoms with Gasteiger partial charge in [0.1, 0.15) is 0 Å². The monoisotopic (exact) mass is 341 g/mol. The maximum atomic E-state index is 12.4. The largest absolute Gasteiger partial charge is 0.481 e. The van der Waals surface area contributed by atoms with Crippen molar-refractivity contribution in [3.05, 3.63) is 23.2 Å². The van der Waals surface area contributed by atoms with E-state index in [0.717, 1.165) is 4.90 Å². The van der Waals surface area contributed by atoms with E-state index in [-0.39, 0.29) is 11.8 Å². The Kier molecular flexibility index (Phi) is 5.75. The third-order valence-corrected chi connectivity index (χ3v) is 5.31. The Morgan fingerprint density at radius 1 is 1.32 bits per heavy atom. The zero-order valence-corrected chi connectivity index (χ0v) is 14.2. The normalized spacial score (nSPS) is 21.1. The maximum Gasteiger partial charge on any atom is 0.306 e. The quantitative estimate of drug-likeness (QED) is 0.784. The van der Waals surface area contributed by atoms with Crippen LogP contribution in [0.1, 0.15) is 33.1 Å². The van der Waals surface area contributed by atoms with Gasteiger partial charge in [0.25, 0.3) is 0 Å². The second-order valence-electron chi connectivity index (χ2n) is 5.82. The molecule has 1 aromatic carbocycles. The van der Waals surface area contributed by atoms with Gasteiger partial charge in [0.2, 0.25) is 5.91 Å². The Balaban J connectivity index is 2.09. The van der Waals surface area contributed by atoms with E-state index in [1.54, 1.807) is 23.9 Å². The summed E-state index contributed by atoms with van der Waals surface area (Å²) in [5, 5.41) is 12.9. The van der Waals surface area contributed by atoms with Crippen LogP contribution in [0.4, 0.5) is 5.69 Å². The number of anilines is 1. The Hall–Kier alpha value is -1.20. The average molecular weight is 342 g/mol. The van der Waals surface area contributed by atoms with Crippen molar-refractivity contribution in [2.75, 3.05) is 5.32 Å². The van der Waals surface area contributed by atoms with E-state index in [1.165, 1.54) is 0 Å². The highest BCUT2D eigenvalue weighted by Crippen LogP contribution is 2.38. The molecule has 0 bridgehead atoms. The summed E-state index contributed by atoms with van der Waals surface area (Å²) in [7, 11) is 0. The fourth-order valence-corrected chi connectivity index (χ4v) is 3.85. The van der Waals surface area contributed by atoms with Gasteiger partial charge in [-0.25, -0.2) is 0 Å². The van der Waals surface area contributed by atoms with Crippen LogP contribution >= 0.6 is 23.4 Å². The molecule has 6 heteroatoms. The standard InChI is InChI=1S/C16H20ClNO3S/c1-9(2)22-14-12(17)4-3-5-13(14)18-15(19)10-6-7-11(8-10)16(20)21/h3-5,9-11H,6-8H2,1-2H3,(H,18,19)(H,20,21)/t10-,11+/m1/s1. The Labute approximate surface area is 139 Å². The molecule has 0 heterocycles. The number of amides is 1. The fraction of sp³-hybridized carbons (Fsp3) is 0.500. The molecule has 22 heavy (non-hydrogen) atoms. The SMILES string of the molecule is CC(C)Sc1c(Cl)cccc1NC(=O)[C@@H]1CC[C@H](C(=O)O)C1. The van der Waals surface area contributed by atoms with Crippen molar-refractivity contribution in [3.63, 3.8) is 0 Å². The van der Waals surface area contributed by atoms with E-state index in [4.69, 9.17) is 16.7 Å². The number of carbonyl (C=O) groups excluding carboxylic acids is 1. The molecule has 2 atom stereocenters. The summed E-state index contributed by atoms with van der Waals surface area (Å²) in [6.45, 7) is 4.13. The summed E-state index contributed by atoms with van der Waals surface area (Å²) in [6.07, 6.45) is 1.60. The van der Waals surface area contributed by atoms with Crippen LogP contribution in [-0.4, -0.2) is 22.2 Å². The van der Waals surface area contributed by atoms with Crippen LogP contribution in [0.3, 0.4) is 0 Å². The van der Waals surface area contributed by atoms with Gasteiger partial charge in [-0.1, -0.05) is 31.5 Å². The Morgan fingerprint density at radius 3 is 2.59 bits per heavy atom. The van der Waals surface area contributed by atoms with E-state index >= 15 is 0 Å². The molecule has 0 unspecified atom stereocenters. The highest BCUT2D eigenvalue weighted by Gasteiger charge is 2.34. The highest BCUT2D eigenvalue weighted by atomic mass is 35.5. The average Bonchev–Trinajstić information content (AvgIpc) is 2.92. The van der Waals surface area contributed by atoms with Gasteiger partial charge in [-0.15, -0.1) is 11.8 Å². The number of carboxylic acids is 1. The molecule has 120 valence electrons. The first-order valence-electron chi connectivity index (χ1n) is 7.37. The zero-order valence-electron chi connectivity index (χ0n) is 12.6. The predicted molar refractivity (Wildman–Crippen MR) is 89.5 cm³/mol. The number of carbonyl (C=O) groups is 2. The van der Waals surface area contributed by atoms with Crippen LogP contribution in [-0.2, 0) is 9.59 Å². The molecule has 0 spiro atoms. The van der Waals surface area contributed by atoms with Crippen molar-refractivity contribution < 1.29 is 14.7 Å². The molecular formula is C16H20ClNO3S. The Morgan fingerprint density at radius 2 is 2.00 bits per heavy atom. The second kappa shape index (κ2) is 7.38. The van der Waals surface area contributed by atoms with Gasteiger partial charge >= 0.3 is 5.97 Å². The van der Waals surface area contributed by atoms with Gasteiger partial charge in [0.05, 0.1) is 16.6 Å². The fourth-order valence-electron chi connectivity index (χ4n) is 2.64. The van der Waals surface area contributed by atoms with Crippen molar-refractivity contribution in [1.29, 1.82) is 0 Å². The molecule has 0 saturated heterocycles. The number of nitrogens with one attached hydrogen (secondary N) is 1. The van der Waals surface area contributed by atoms with E-state index in [0.29, 0.717) is 35.2 Å². The van der Waals surface area contributed by atoms with Gasteiger partial charge in [-0.3, -0.25) is 9.59 Å². The van der Waals surface area contributed by atoms with E-state index in [9.17, 15) is 9.59 Å². The maximum absolute atomic E-state index is 12.4. The van der Waals surface area contributed by atoms with E-state index in [2.05, 4.69) is 19.2 Å². The van der Waals surface area contributed by atoms with E-state index < -0.39 is 11.9 Å². The van der Waals surface area contributed by atoms with E-state index in [1.807, 2.05) is 6.07 Å². The summed E-state index contributed by atoms with van der Waals surface area (Å²) >= 11 is 7.83. The molecular weight excluding hydrogens is 322 g/mol. The number of hydrogen-bond donors (Lipinski definition) is 2. The number of carboxylic acid groups (broad SMARTS) is 1. The summed E-state index contributed by atoms with van der Waals surface area (Å²) in [5.74, 6) is -1.57. The number of benzene rings is 1. The third-order valence-electron chi connectivity index (χ3n) is 3.73. The number of aliphatic carboxylic acids is 1. The number of halogens is 1. The van der Waals surface area contributed by atoms with Crippen LogP contribution < -0.4 is 5.32 Å². The van der Waals surface area contributed by atoms with Crippen molar-refractivity contribution in [2.45, 2.75) is 43.3 Å². The molecule has 0 radical (unpaired) electrons. The first kappa shape index (κ1) is 17.2. The minimum Gasteiger partial charge on any atom is -0.481 e. The lowest BCUT2D eigenvalue weighted by molar-refractivity contribution is -0.141. The lowest BCUT2D eigenvalue weighted by Gasteiger charge is -2.16. The lowest BCUT2D eigenvalue weighted by atomic mass is 10.0. The number of rotatable bonds is 5. The van der Waals surface area contributed by atoms with Crippen LogP contribution in [0, 0.1) is 11.8 Å². The minimum absolute atomic E-state index is 0.114. The van der Waals surface area contributed by atoms with Crippen molar-refractivity contribution in [2.24, 2.45) is 11.8 Å². The molecule has 1 aliphatic carbocycles. The zero-order chi connectivity index (χ0) is 16.3. The minimum atomic E-state index is -0.811. The molecule has 4 nitrogen and oxygen atoms in total. The topological polar surface area (TPSA) is 66.4 Å². The molecule has 1 fully saturated rings. The van der Waals surface area contributed by atoms with Crippen LogP contribution in [0.25, 0.3) is 0 Å². The molecule has 1 saturated carbocycles. The smallest absolute Gasteiger partial charge is 0.306 e. The Bertz CT molecular complexity index is 577. The lowest BCUT2D eigenvalue weighted by Crippen LogP contribution is -2.22. The molecule has 0 aromatic heterocycles. The summed E-state index contributed by atoms with van der Waals surface area (Å²) in [6, 6.07) is 5.44. The van der Waals surface area contributed by atoms with Crippen molar-refractivity contribution in [3.8, 4) is 0 Å². The van der Waals surface area contributed by atoms with Gasteiger partial charge < -0.3 is 10.4 Å². The third kappa shape index (κ3) is 4.17. The van der Waals surface area contributed by atoms with Gasteiger partial charge in [-0.05, 0) is 31.4 Å². The van der Waals surface area contributed by atoms with Gasteiger partial charge in [0, 0.05) is 16.1 Å². The van der Waals surface area contributed by atoms with Crippen LogP contribution in [0.15, 0.2) is 23.1 Å². The number of hydrogen-bond acceptors (Lipinski definition) is 3. The summed E-state index contributed by atoms with van der Waals surface area (Å²) < 4.78 is 0. The molecule has 1 amide bonds. The summed E-state index contributed by atoms with van der Waals surface area (Å²) in [4.78, 5) is 24.2. The van der Waals surface area contributed by atoms with Crippen LogP contribution in [0.5, 0.6) is 0 Å². The molecule has 1 aromatic rings. The van der Waals surface area contributed by atoms with Crippen LogP contribution in [0.2, 0.25) is 5.02 Å². The van der Waals surface area contributed by atoms with Crippen molar-refractivity contribution in [1.82, 2.24) is 0 Å². The molecule has 1 aliphatic rings. The molecule has 2 N–H and O–H groups in total. The predicted octanol–water partition coefficient (Wildman–Crippen LogP) is 4.28. The second-order valence-corrected chi connectivity index (χ2v) is 7.81.